The Labute approximate surface area is 122 Å². The summed E-state index contributed by atoms with van der Waals surface area (Å²) in [6.45, 7) is 7.01. The minimum Gasteiger partial charge on any atom is -0.454 e. The first-order valence-electron chi connectivity index (χ1n) is 7.01. The zero-order chi connectivity index (χ0) is 13.4. The molecule has 0 radical (unpaired) electrons. The van der Waals surface area contributed by atoms with Gasteiger partial charge in [0.15, 0.2) is 11.5 Å². The van der Waals surface area contributed by atoms with Crippen molar-refractivity contribution in [2.45, 2.75) is 38.5 Å². The van der Waals surface area contributed by atoms with Gasteiger partial charge in [-0.1, -0.05) is 13.8 Å². The van der Waals surface area contributed by atoms with Gasteiger partial charge in [0.1, 0.15) is 0 Å². The zero-order valence-electron chi connectivity index (χ0n) is 11.5. The van der Waals surface area contributed by atoms with E-state index in [4.69, 9.17) is 9.47 Å². The van der Waals surface area contributed by atoms with Crippen LogP contribution in [-0.4, -0.2) is 19.9 Å². The van der Waals surface area contributed by atoms with Gasteiger partial charge in [-0.05, 0) is 64.3 Å². The molecule has 0 aromatic heterocycles. The fourth-order valence-corrected chi connectivity index (χ4v) is 4.07. The van der Waals surface area contributed by atoms with Crippen LogP contribution in [0.1, 0.15) is 49.7 Å². The molecule has 104 valence electrons. The predicted octanol–water partition coefficient (Wildman–Crippen LogP) is 3.77. The topological polar surface area (TPSA) is 30.5 Å². The van der Waals surface area contributed by atoms with Crippen LogP contribution in [0.25, 0.3) is 0 Å². The molecule has 0 bridgehead atoms. The normalized spacial score (nSPS) is 22.0. The number of piperidine rings is 1. The van der Waals surface area contributed by atoms with Gasteiger partial charge in [0.2, 0.25) is 6.79 Å². The van der Waals surface area contributed by atoms with Gasteiger partial charge in [0.05, 0.1) is 4.47 Å². The lowest BCUT2D eigenvalue weighted by Gasteiger charge is -2.27. The van der Waals surface area contributed by atoms with E-state index in [2.05, 4.69) is 41.2 Å². The van der Waals surface area contributed by atoms with Crippen molar-refractivity contribution in [1.29, 1.82) is 0 Å². The van der Waals surface area contributed by atoms with Crippen LogP contribution < -0.4 is 14.8 Å². The number of hydrogen-bond donors (Lipinski definition) is 1. The van der Waals surface area contributed by atoms with Crippen molar-refractivity contribution in [2.75, 3.05) is 19.9 Å². The first-order valence-corrected chi connectivity index (χ1v) is 7.80. The van der Waals surface area contributed by atoms with Crippen molar-refractivity contribution in [3.8, 4) is 11.5 Å². The van der Waals surface area contributed by atoms with E-state index in [9.17, 15) is 0 Å². The molecule has 2 aliphatic rings. The van der Waals surface area contributed by atoms with Gasteiger partial charge in [0.25, 0.3) is 0 Å². The highest BCUT2D eigenvalue weighted by Crippen LogP contribution is 2.47. The molecule has 0 aliphatic carbocycles. The van der Waals surface area contributed by atoms with Gasteiger partial charge in [0, 0.05) is 6.54 Å². The molecule has 0 saturated carbocycles. The summed E-state index contributed by atoms with van der Waals surface area (Å²) >= 11 is 3.72. The lowest BCUT2D eigenvalue weighted by atomic mass is 9.84. The second-order valence-electron chi connectivity index (χ2n) is 5.63. The summed E-state index contributed by atoms with van der Waals surface area (Å²) in [5, 5.41) is 3.50. The van der Waals surface area contributed by atoms with Crippen LogP contribution in [0.2, 0.25) is 0 Å². The highest BCUT2D eigenvalue weighted by atomic mass is 79.9. The number of halogens is 1. The molecule has 2 heterocycles. The lowest BCUT2D eigenvalue weighted by molar-refractivity contribution is 0.173. The Morgan fingerprint density at radius 3 is 2.89 bits per heavy atom. The van der Waals surface area contributed by atoms with Crippen LogP contribution in [-0.2, 0) is 0 Å². The summed E-state index contributed by atoms with van der Waals surface area (Å²) in [4.78, 5) is 0. The van der Waals surface area contributed by atoms with E-state index in [1.165, 1.54) is 24.0 Å². The van der Waals surface area contributed by atoms with E-state index in [1.54, 1.807) is 0 Å². The molecule has 0 amide bonds. The molecule has 1 aromatic carbocycles. The number of ether oxygens (including phenoxy) is 2. The third-order valence-electron chi connectivity index (χ3n) is 3.99. The largest absolute Gasteiger partial charge is 0.454 e. The highest BCUT2D eigenvalue weighted by molar-refractivity contribution is 9.10. The highest BCUT2D eigenvalue weighted by Gasteiger charge is 2.28. The van der Waals surface area contributed by atoms with Gasteiger partial charge in [-0.15, -0.1) is 0 Å². The molecular formula is C15H20BrNO2. The predicted molar refractivity (Wildman–Crippen MR) is 79.2 cm³/mol. The van der Waals surface area contributed by atoms with E-state index < -0.39 is 0 Å². The van der Waals surface area contributed by atoms with Crippen molar-refractivity contribution in [3.63, 3.8) is 0 Å². The molecule has 1 atom stereocenters. The van der Waals surface area contributed by atoms with Crippen LogP contribution in [0.5, 0.6) is 11.5 Å². The average Bonchev–Trinajstić information content (AvgIpc) is 2.87. The molecule has 1 aromatic rings. The maximum Gasteiger partial charge on any atom is 0.231 e. The quantitative estimate of drug-likeness (QED) is 0.897. The second-order valence-corrected chi connectivity index (χ2v) is 6.42. The fourth-order valence-electron chi connectivity index (χ4n) is 3.08. The minimum absolute atomic E-state index is 0.331. The number of rotatable bonds is 2. The van der Waals surface area contributed by atoms with Crippen molar-refractivity contribution in [2.24, 2.45) is 0 Å². The van der Waals surface area contributed by atoms with E-state index in [0.29, 0.717) is 18.6 Å². The van der Waals surface area contributed by atoms with E-state index in [-0.39, 0.29) is 0 Å². The number of nitrogens with one attached hydrogen (secondary N) is 1. The van der Waals surface area contributed by atoms with Crippen LogP contribution in [0, 0.1) is 0 Å². The summed E-state index contributed by atoms with van der Waals surface area (Å²) in [6.07, 6.45) is 2.49. The van der Waals surface area contributed by atoms with Crippen LogP contribution in [0.15, 0.2) is 10.5 Å². The Hall–Kier alpha value is -0.740. The van der Waals surface area contributed by atoms with Crippen molar-refractivity contribution in [1.82, 2.24) is 5.32 Å². The average molecular weight is 326 g/mol. The molecule has 19 heavy (non-hydrogen) atoms. The van der Waals surface area contributed by atoms with Gasteiger partial charge in [-0.3, -0.25) is 0 Å². The number of benzene rings is 1. The number of hydrogen-bond acceptors (Lipinski definition) is 3. The summed E-state index contributed by atoms with van der Waals surface area (Å²) in [6, 6.07) is 2.19. The molecular weight excluding hydrogens is 306 g/mol. The van der Waals surface area contributed by atoms with Gasteiger partial charge >= 0.3 is 0 Å². The fraction of sp³-hybridized carbons (Fsp3) is 0.600. The summed E-state index contributed by atoms with van der Waals surface area (Å²) in [5.41, 5.74) is 2.79. The first kappa shape index (κ1) is 13.3. The van der Waals surface area contributed by atoms with Gasteiger partial charge < -0.3 is 14.8 Å². The zero-order valence-corrected chi connectivity index (χ0v) is 13.0. The standard InChI is InChI=1S/C15H20BrNO2/c1-9(2)13-11(10-4-3-5-17-7-10)6-12-15(14(13)16)19-8-18-12/h6,9-10,17H,3-5,7-8H2,1-2H3. The Balaban J connectivity index is 2.08. The lowest BCUT2D eigenvalue weighted by Crippen LogP contribution is -2.29. The van der Waals surface area contributed by atoms with Gasteiger partial charge in [-0.2, -0.15) is 0 Å². The molecule has 4 heteroatoms. The van der Waals surface area contributed by atoms with Crippen LogP contribution in [0.4, 0.5) is 0 Å². The summed E-state index contributed by atoms with van der Waals surface area (Å²) in [7, 11) is 0. The minimum atomic E-state index is 0.331. The molecule has 3 nitrogen and oxygen atoms in total. The molecule has 1 N–H and O–H groups in total. The molecule has 0 spiro atoms. The maximum atomic E-state index is 5.58. The molecule has 1 fully saturated rings. The first-order chi connectivity index (χ1) is 9.18. The van der Waals surface area contributed by atoms with E-state index >= 15 is 0 Å². The molecule has 1 saturated heterocycles. The smallest absolute Gasteiger partial charge is 0.231 e. The SMILES string of the molecule is CC(C)c1c(C2CCCNC2)cc2c(c1Br)OCO2. The molecule has 1 unspecified atom stereocenters. The Morgan fingerprint density at radius 1 is 1.37 bits per heavy atom. The second kappa shape index (κ2) is 5.33. The Bertz CT molecular complexity index is 482. The van der Waals surface area contributed by atoms with E-state index in [1.807, 2.05) is 0 Å². The van der Waals surface area contributed by atoms with Crippen LogP contribution >= 0.6 is 15.9 Å². The van der Waals surface area contributed by atoms with Crippen molar-refractivity contribution < 1.29 is 9.47 Å². The van der Waals surface area contributed by atoms with Crippen LogP contribution in [0.3, 0.4) is 0 Å². The summed E-state index contributed by atoms with van der Waals surface area (Å²) < 4.78 is 12.2. The van der Waals surface area contributed by atoms with Gasteiger partial charge in [-0.25, -0.2) is 0 Å². The number of fused-ring (bicyclic) bond motifs is 1. The molecule has 3 rings (SSSR count). The molecule has 2 aliphatic heterocycles. The third kappa shape index (κ3) is 2.36. The Morgan fingerprint density at radius 2 is 2.21 bits per heavy atom. The maximum absolute atomic E-state index is 5.58. The van der Waals surface area contributed by atoms with Crippen molar-refractivity contribution in [3.05, 3.63) is 21.7 Å². The monoisotopic (exact) mass is 325 g/mol. The Kier molecular flexibility index (Phi) is 3.72. The summed E-state index contributed by atoms with van der Waals surface area (Å²) in [5.74, 6) is 2.81. The third-order valence-corrected chi connectivity index (χ3v) is 4.78. The van der Waals surface area contributed by atoms with E-state index in [0.717, 1.165) is 29.1 Å². The van der Waals surface area contributed by atoms with Crippen molar-refractivity contribution >= 4 is 15.9 Å².